The first-order valence-corrected chi connectivity index (χ1v) is 6.83. The summed E-state index contributed by atoms with van der Waals surface area (Å²) in [6.07, 6.45) is 0. The van der Waals surface area contributed by atoms with Crippen molar-refractivity contribution in [3.63, 3.8) is 0 Å². The molecule has 0 fully saturated rings. The van der Waals surface area contributed by atoms with E-state index in [9.17, 15) is 0 Å². The standard InChI is InChI=1S/C10H13BrClNS/c1-2-14-6-5-13-10-4-3-8(11)7-9(10)12/h3-4,7,13H,2,5-6H2,1H3. The molecular weight excluding hydrogens is 282 g/mol. The molecule has 1 rings (SSSR count). The predicted molar refractivity (Wildman–Crippen MR) is 70.6 cm³/mol. The third-order valence-electron chi connectivity index (χ3n) is 1.70. The molecule has 0 saturated heterocycles. The Labute approximate surface area is 103 Å². The molecule has 0 atom stereocenters. The second-order valence-electron chi connectivity index (χ2n) is 2.75. The molecule has 0 spiro atoms. The van der Waals surface area contributed by atoms with Gasteiger partial charge in [-0.1, -0.05) is 34.5 Å². The van der Waals surface area contributed by atoms with Gasteiger partial charge in [0.05, 0.1) is 10.7 Å². The summed E-state index contributed by atoms with van der Waals surface area (Å²) in [5, 5.41) is 4.07. The Balaban J connectivity index is 2.42. The van der Waals surface area contributed by atoms with Gasteiger partial charge in [-0.2, -0.15) is 11.8 Å². The number of benzene rings is 1. The van der Waals surface area contributed by atoms with Gasteiger partial charge in [0.1, 0.15) is 0 Å². The van der Waals surface area contributed by atoms with Crippen LogP contribution in [-0.2, 0) is 0 Å². The quantitative estimate of drug-likeness (QED) is 0.814. The average molecular weight is 295 g/mol. The van der Waals surface area contributed by atoms with Gasteiger partial charge < -0.3 is 5.32 Å². The maximum absolute atomic E-state index is 6.04. The van der Waals surface area contributed by atoms with Crippen molar-refractivity contribution in [2.45, 2.75) is 6.92 Å². The zero-order chi connectivity index (χ0) is 10.4. The van der Waals surface area contributed by atoms with E-state index in [1.807, 2.05) is 30.0 Å². The van der Waals surface area contributed by atoms with E-state index in [0.717, 1.165) is 33.2 Å². The molecule has 0 aliphatic rings. The largest absolute Gasteiger partial charge is 0.383 e. The first kappa shape index (κ1) is 12.2. The highest BCUT2D eigenvalue weighted by atomic mass is 79.9. The molecule has 14 heavy (non-hydrogen) atoms. The van der Waals surface area contributed by atoms with E-state index in [2.05, 4.69) is 28.2 Å². The van der Waals surface area contributed by atoms with Gasteiger partial charge in [-0.3, -0.25) is 0 Å². The van der Waals surface area contributed by atoms with Crippen molar-refractivity contribution in [2.75, 3.05) is 23.4 Å². The van der Waals surface area contributed by atoms with Crippen molar-refractivity contribution in [3.05, 3.63) is 27.7 Å². The lowest BCUT2D eigenvalue weighted by molar-refractivity contribution is 1.22. The maximum atomic E-state index is 6.04. The van der Waals surface area contributed by atoms with E-state index >= 15 is 0 Å². The summed E-state index contributed by atoms with van der Waals surface area (Å²) >= 11 is 11.3. The van der Waals surface area contributed by atoms with Gasteiger partial charge in [-0.05, 0) is 24.0 Å². The molecule has 78 valence electrons. The fourth-order valence-electron chi connectivity index (χ4n) is 1.04. The summed E-state index contributed by atoms with van der Waals surface area (Å²) in [5.74, 6) is 2.28. The van der Waals surface area contributed by atoms with Crippen LogP contribution < -0.4 is 5.32 Å². The molecule has 1 aromatic rings. The Morgan fingerprint density at radius 3 is 2.93 bits per heavy atom. The molecule has 0 saturated carbocycles. The Morgan fingerprint density at radius 1 is 1.50 bits per heavy atom. The first-order chi connectivity index (χ1) is 6.74. The summed E-state index contributed by atoms with van der Waals surface area (Å²) in [4.78, 5) is 0. The lowest BCUT2D eigenvalue weighted by Crippen LogP contribution is -2.04. The third kappa shape index (κ3) is 4.11. The van der Waals surface area contributed by atoms with Crippen LogP contribution in [0.4, 0.5) is 5.69 Å². The Kier molecular flexibility index (Phi) is 5.75. The molecule has 0 radical (unpaired) electrons. The molecular formula is C10H13BrClNS. The van der Waals surface area contributed by atoms with E-state index in [4.69, 9.17) is 11.6 Å². The molecule has 0 aliphatic carbocycles. The van der Waals surface area contributed by atoms with Crippen molar-refractivity contribution >= 4 is 45.0 Å². The van der Waals surface area contributed by atoms with Crippen LogP contribution >= 0.6 is 39.3 Å². The highest BCUT2D eigenvalue weighted by molar-refractivity contribution is 9.10. The molecule has 0 aliphatic heterocycles. The normalized spacial score (nSPS) is 10.2. The van der Waals surface area contributed by atoms with Gasteiger partial charge in [0.25, 0.3) is 0 Å². The SMILES string of the molecule is CCSCCNc1ccc(Br)cc1Cl. The van der Waals surface area contributed by atoms with E-state index in [0.29, 0.717) is 0 Å². The summed E-state index contributed by atoms with van der Waals surface area (Å²) in [5.41, 5.74) is 1.01. The van der Waals surface area contributed by atoms with Crippen molar-refractivity contribution in [1.82, 2.24) is 0 Å². The molecule has 1 nitrogen and oxygen atoms in total. The van der Waals surface area contributed by atoms with Crippen LogP contribution in [0.25, 0.3) is 0 Å². The van der Waals surface area contributed by atoms with Crippen LogP contribution in [0.15, 0.2) is 22.7 Å². The second kappa shape index (κ2) is 6.59. The number of anilines is 1. The summed E-state index contributed by atoms with van der Waals surface area (Å²) < 4.78 is 1.01. The molecule has 0 amide bonds. The Morgan fingerprint density at radius 2 is 2.29 bits per heavy atom. The predicted octanol–water partition coefficient (Wildman–Crippen LogP) is 4.27. The second-order valence-corrected chi connectivity index (χ2v) is 5.46. The summed E-state index contributed by atoms with van der Waals surface area (Å²) in [7, 11) is 0. The minimum Gasteiger partial charge on any atom is -0.383 e. The van der Waals surface area contributed by atoms with Gasteiger partial charge in [-0.25, -0.2) is 0 Å². The van der Waals surface area contributed by atoms with Crippen LogP contribution in [0.1, 0.15) is 6.92 Å². The fourth-order valence-corrected chi connectivity index (χ4v) is 2.31. The number of halogens is 2. The number of hydrogen-bond acceptors (Lipinski definition) is 2. The highest BCUT2D eigenvalue weighted by Gasteiger charge is 1.99. The van der Waals surface area contributed by atoms with Crippen molar-refractivity contribution < 1.29 is 0 Å². The van der Waals surface area contributed by atoms with Crippen molar-refractivity contribution in [3.8, 4) is 0 Å². The molecule has 4 heteroatoms. The lowest BCUT2D eigenvalue weighted by atomic mass is 10.3. The van der Waals surface area contributed by atoms with Crippen LogP contribution in [0, 0.1) is 0 Å². The number of hydrogen-bond donors (Lipinski definition) is 1. The van der Waals surface area contributed by atoms with Gasteiger partial charge >= 0.3 is 0 Å². The molecule has 1 aromatic carbocycles. The highest BCUT2D eigenvalue weighted by Crippen LogP contribution is 2.25. The topological polar surface area (TPSA) is 12.0 Å². The van der Waals surface area contributed by atoms with Gasteiger partial charge in [0.2, 0.25) is 0 Å². The van der Waals surface area contributed by atoms with Crippen LogP contribution in [-0.4, -0.2) is 18.1 Å². The first-order valence-electron chi connectivity index (χ1n) is 4.50. The van der Waals surface area contributed by atoms with Crippen molar-refractivity contribution in [2.24, 2.45) is 0 Å². The Hall–Kier alpha value is 0.140. The average Bonchev–Trinajstić information content (AvgIpc) is 2.15. The van der Waals surface area contributed by atoms with Crippen LogP contribution in [0.2, 0.25) is 5.02 Å². The molecule has 0 heterocycles. The zero-order valence-corrected chi connectivity index (χ0v) is 11.2. The molecule has 0 bridgehead atoms. The Bertz CT molecular complexity index is 293. The van der Waals surface area contributed by atoms with E-state index in [1.54, 1.807) is 0 Å². The van der Waals surface area contributed by atoms with Crippen LogP contribution in [0.5, 0.6) is 0 Å². The van der Waals surface area contributed by atoms with Gasteiger partial charge in [-0.15, -0.1) is 0 Å². The third-order valence-corrected chi connectivity index (χ3v) is 3.40. The lowest BCUT2D eigenvalue weighted by Gasteiger charge is -2.07. The van der Waals surface area contributed by atoms with E-state index in [-0.39, 0.29) is 0 Å². The fraction of sp³-hybridized carbons (Fsp3) is 0.400. The van der Waals surface area contributed by atoms with Crippen molar-refractivity contribution in [1.29, 1.82) is 0 Å². The number of nitrogens with one attached hydrogen (secondary N) is 1. The van der Waals surface area contributed by atoms with E-state index in [1.165, 1.54) is 0 Å². The molecule has 1 N–H and O–H groups in total. The number of rotatable bonds is 5. The zero-order valence-electron chi connectivity index (χ0n) is 8.02. The summed E-state index contributed by atoms with van der Waals surface area (Å²) in [6.45, 7) is 3.12. The van der Waals surface area contributed by atoms with Gasteiger partial charge in [0, 0.05) is 16.8 Å². The minimum atomic E-state index is 0.765. The minimum absolute atomic E-state index is 0.765. The molecule has 0 unspecified atom stereocenters. The monoisotopic (exact) mass is 293 g/mol. The number of thioether (sulfide) groups is 1. The summed E-state index contributed by atoms with van der Waals surface area (Å²) in [6, 6.07) is 5.88. The van der Waals surface area contributed by atoms with Gasteiger partial charge in [0.15, 0.2) is 0 Å². The maximum Gasteiger partial charge on any atom is 0.0648 e. The van der Waals surface area contributed by atoms with E-state index < -0.39 is 0 Å². The smallest absolute Gasteiger partial charge is 0.0648 e. The molecule has 0 aromatic heterocycles. The van der Waals surface area contributed by atoms with Crippen LogP contribution in [0.3, 0.4) is 0 Å².